The minimum absolute atomic E-state index is 0.0681. The number of nitrogen functional groups attached to an aromatic ring is 1. The van der Waals surface area contributed by atoms with Gasteiger partial charge in [-0.25, -0.2) is 22.9 Å². The average Bonchev–Trinajstić information content (AvgIpc) is 3.70. The predicted octanol–water partition coefficient (Wildman–Crippen LogP) is 2.50. The Morgan fingerprint density at radius 3 is 2.58 bits per heavy atom. The van der Waals surface area contributed by atoms with Gasteiger partial charge in [-0.3, -0.25) is 4.90 Å². The summed E-state index contributed by atoms with van der Waals surface area (Å²) in [5, 5.41) is 13.8. The summed E-state index contributed by atoms with van der Waals surface area (Å²) < 4.78 is 24.4. The molecule has 4 aromatic heterocycles. The van der Waals surface area contributed by atoms with Crippen LogP contribution in [0.25, 0.3) is 28.1 Å². The number of hydrogen-bond donors (Lipinski definition) is 1. The van der Waals surface area contributed by atoms with E-state index in [0.29, 0.717) is 65.8 Å². The molecule has 1 aliphatic rings. The van der Waals surface area contributed by atoms with Crippen LogP contribution in [0.3, 0.4) is 0 Å². The summed E-state index contributed by atoms with van der Waals surface area (Å²) >= 11 is 0. The maximum atomic E-state index is 14.8. The van der Waals surface area contributed by atoms with Gasteiger partial charge in [-0.05, 0) is 30.7 Å². The third-order valence-electron chi connectivity index (χ3n) is 7.83. The first-order valence-electron chi connectivity index (χ1n) is 14.1. The quantitative estimate of drug-likeness (QED) is 0.298. The molecule has 43 heavy (non-hydrogen) atoms. The number of aryl methyl sites for hydroxylation is 2. The van der Waals surface area contributed by atoms with Crippen molar-refractivity contribution in [2.45, 2.75) is 26.9 Å². The summed E-state index contributed by atoms with van der Waals surface area (Å²) in [6, 6.07) is 12.8. The topological polar surface area (TPSA) is 141 Å². The lowest BCUT2D eigenvalue weighted by Gasteiger charge is -2.36. The van der Waals surface area contributed by atoms with Crippen molar-refractivity contribution in [3.05, 3.63) is 82.0 Å². The van der Waals surface area contributed by atoms with Gasteiger partial charge < -0.3 is 15.2 Å². The van der Waals surface area contributed by atoms with E-state index in [1.54, 1.807) is 29.9 Å². The van der Waals surface area contributed by atoms with Crippen LogP contribution in [0.5, 0.6) is 0 Å². The molecule has 5 heterocycles. The first kappa shape index (κ1) is 26.8. The van der Waals surface area contributed by atoms with Gasteiger partial charge in [0.2, 0.25) is 17.7 Å². The molecule has 1 fully saturated rings. The van der Waals surface area contributed by atoms with E-state index in [2.05, 4.69) is 30.2 Å². The van der Waals surface area contributed by atoms with E-state index in [1.807, 2.05) is 36.1 Å². The van der Waals surface area contributed by atoms with Crippen molar-refractivity contribution in [3.63, 3.8) is 0 Å². The van der Waals surface area contributed by atoms with Crippen LogP contribution in [0, 0.1) is 19.7 Å². The largest absolute Gasteiger partial charge is 0.369 e. The van der Waals surface area contributed by atoms with E-state index < -0.39 is 0 Å². The molecule has 6 aromatic rings. The van der Waals surface area contributed by atoms with Gasteiger partial charge in [0, 0.05) is 45.2 Å². The zero-order valence-electron chi connectivity index (χ0n) is 23.8. The Kier molecular flexibility index (Phi) is 6.61. The fourth-order valence-electron chi connectivity index (χ4n) is 5.61. The molecule has 14 heteroatoms. The maximum Gasteiger partial charge on any atom is 0.353 e. The van der Waals surface area contributed by atoms with Crippen LogP contribution in [0.4, 0.5) is 16.0 Å². The molecular formula is C29H30FN11O2. The number of nitrogens with two attached hydrogens (primary N) is 1. The number of piperazine rings is 1. The van der Waals surface area contributed by atoms with Gasteiger partial charge in [0.1, 0.15) is 5.82 Å². The van der Waals surface area contributed by atoms with E-state index in [9.17, 15) is 9.18 Å². The number of anilines is 2. The summed E-state index contributed by atoms with van der Waals surface area (Å²) in [6.45, 7) is 8.18. The van der Waals surface area contributed by atoms with Crippen molar-refractivity contribution < 1.29 is 8.91 Å². The zero-order valence-corrected chi connectivity index (χ0v) is 23.8. The molecule has 13 nitrogen and oxygen atoms in total. The lowest BCUT2D eigenvalue weighted by molar-refractivity contribution is 0.245. The summed E-state index contributed by atoms with van der Waals surface area (Å²) in [5.41, 5.74) is 10.2. The molecule has 1 aliphatic heterocycles. The van der Waals surface area contributed by atoms with Crippen molar-refractivity contribution in [2.24, 2.45) is 0 Å². The van der Waals surface area contributed by atoms with Crippen LogP contribution in [0.2, 0.25) is 0 Å². The molecular weight excluding hydrogens is 553 g/mol. The minimum Gasteiger partial charge on any atom is -0.369 e. The highest BCUT2D eigenvalue weighted by atomic mass is 19.1. The lowest BCUT2D eigenvalue weighted by atomic mass is 10.1. The average molecular weight is 584 g/mol. The molecule has 0 spiro atoms. The highest BCUT2D eigenvalue weighted by Crippen LogP contribution is 2.27. The van der Waals surface area contributed by atoms with Gasteiger partial charge in [-0.2, -0.15) is 15.1 Å². The standard InChI is InChI=1S/C29H30FN11O2/c1-18-4-3-5-20(14-18)17-40-29(42)41-27(35-40)22-16-32-39(26(22)34-28(41)31)13-10-37-8-11-38(12-9-37)24-15-21(6-7-23(24)30)25-33-19(2)43-36-25/h3-7,14-16H,8-13,17H2,1-2H3,(H2,31,34). The fraction of sp³-hybridized carbons (Fsp3) is 0.310. The van der Waals surface area contributed by atoms with E-state index in [1.165, 1.54) is 15.1 Å². The fourth-order valence-corrected chi connectivity index (χ4v) is 5.61. The predicted molar refractivity (Wildman–Crippen MR) is 158 cm³/mol. The smallest absolute Gasteiger partial charge is 0.353 e. The minimum atomic E-state index is -0.344. The van der Waals surface area contributed by atoms with Crippen LogP contribution in [-0.2, 0) is 13.1 Å². The second-order valence-corrected chi connectivity index (χ2v) is 10.8. The second kappa shape index (κ2) is 10.6. The molecule has 220 valence electrons. The molecule has 7 rings (SSSR count). The number of benzene rings is 2. The van der Waals surface area contributed by atoms with Crippen LogP contribution in [-0.4, -0.2) is 76.7 Å². The monoisotopic (exact) mass is 583 g/mol. The summed E-state index contributed by atoms with van der Waals surface area (Å²) in [4.78, 5) is 26.3. The van der Waals surface area contributed by atoms with Crippen molar-refractivity contribution in [1.82, 2.24) is 44.0 Å². The first-order chi connectivity index (χ1) is 20.8. The number of hydrogen-bond acceptors (Lipinski definition) is 10. The Labute approximate surface area is 244 Å². The third kappa shape index (κ3) is 4.99. The Hall–Kier alpha value is -5.11. The van der Waals surface area contributed by atoms with Gasteiger partial charge >= 0.3 is 5.69 Å². The maximum absolute atomic E-state index is 14.8. The Morgan fingerprint density at radius 1 is 0.977 bits per heavy atom. The molecule has 0 bridgehead atoms. The van der Waals surface area contributed by atoms with Crippen LogP contribution in [0.15, 0.2) is 58.0 Å². The van der Waals surface area contributed by atoms with E-state index in [0.717, 1.165) is 30.8 Å². The van der Waals surface area contributed by atoms with Crippen molar-refractivity contribution in [3.8, 4) is 11.4 Å². The number of rotatable bonds is 7. The highest BCUT2D eigenvalue weighted by molar-refractivity contribution is 5.89. The van der Waals surface area contributed by atoms with E-state index in [-0.39, 0.29) is 17.5 Å². The molecule has 0 radical (unpaired) electrons. The molecule has 0 unspecified atom stereocenters. The Morgan fingerprint density at radius 2 is 1.81 bits per heavy atom. The normalized spacial score (nSPS) is 14.3. The van der Waals surface area contributed by atoms with Crippen LogP contribution >= 0.6 is 0 Å². The number of aromatic nitrogens is 8. The van der Waals surface area contributed by atoms with Crippen molar-refractivity contribution in [2.75, 3.05) is 43.4 Å². The molecule has 0 aliphatic carbocycles. The second-order valence-electron chi connectivity index (χ2n) is 10.8. The zero-order chi connectivity index (χ0) is 29.7. The highest BCUT2D eigenvalue weighted by Gasteiger charge is 2.22. The molecule has 2 aromatic carbocycles. The van der Waals surface area contributed by atoms with Crippen molar-refractivity contribution in [1.29, 1.82) is 0 Å². The molecule has 2 N–H and O–H groups in total. The van der Waals surface area contributed by atoms with Gasteiger partial charge in [0.25, 0.3) is 0 Å². The van der Waals surface area contributed by atoms with Gasteiger partial charge in [0.05, 0.1) is 30.4 Å². The molecule has 1 saturated heterocycles. The SMILES string of the molecule is Cc1cccc(Cn2nc3c4cnn(CCN5CCN(c6cc(-c7noc(C)n7)ccc6F)CC5)c4nc(N)n3c2=O)c1. The lowest BCUT2D eigenvalue weighted by Crippen LogP contribution is -2.47. The van der Waals surface area contributed by atoms with Gasteiger partial charge in [-0.1, -0.05) is 35.0 Å². The Balaban J connectivity index is 1.05. The summed E-state index contributed by atoms with van der Waals surface area (Å²) in [6.07, 6.45) is 1.68. The Bertz CT molecular complexity index is 2020. The van der Waals surface area contributed by atoms with Gasteiger partial charge in [0.15, 0.2) is 11.3 Å². The van der Waals surface area contributed by atoms with Crippen LogP contribution in [0.1, 0.15) is 17.0 Å². The summed E-state index contributed by atoms with van der Waals surface area (Å²) in [5.74, 6) is 0.691. The van der Waals surface area contributed by atoms with Crippen molar-refractivity contribution >= 4 is 28.3 Å². The van der Waals surface area contributed by atoms with Gasteiger partial charge in [-0.15, -0.1) is 5.10 Å². The number of fused-ring (bicyclic) bond motifs is 3. The molecule has 0 amide bonds. The van der Waals surface area contributed by atoms with E-state index >= 15 is 0 Å². The molecule has 0 saturated carbocycles. The van der Waals surface area contributed by atoms with E-state index in [4.69, 9.17) is 10.3 Å². The number of nitrogens with zero attached hydrogens (tertiary/aromatic N) is 10. The third-order valence-corrected chi connectivity index (χ3v) is 7.83. The summed E-state index contributed by atoms with van der Waals surface area (Å²) in [7, 11) is 0. The molecule has 0 atom stereocenters. The number of halogens is 1. The first-order valence-corrected chi connectivity index (χ1v) is 14.1. The van der Waals surface area contributed by atoms with Crippen LogP contribution < -0.4 is 16.3 Å².